The van der Waals surface area contributed by atoms with Crippen LogP contribution in [0.4, 0.5) is 13.2 Å². The van der Waals surface area contributed by atoms with Gasteiger partial charge in [-0.05, 0) is 29.7 Å². The molecule has 0 radical (unpaired) electrons. The lowest BCUT2D eigenvalue weighted by Gasteiger charge is -2.14. The molecule has 0 saturated heterocycles. The van der Waals surface area contributed by atoms with Crippen molar-refractivity contribution in [2.75, 3.05) is 0 Å². The second kappa shape index (κ2) is 5.36. The van der Waals surface area contributed by atoms with Gasteiger partial charge in [0.05, 0.1) is 11.3 Å². The normalized spacial score (nSPS) is 12.5. The van der Waals surface area contributed by atoms with Crippen LogP contribution in [-0.2, 0) is 6.18 Å². The van der Waals surface area contributed by atoms with Crippen molar-refractivity contribution < 1.29 is 18.4 Å². The molecule has 0 aliphatic rings. The quantitative estimate of drug-likeness (QED) is 0.487. The summed E-state index contributed by atoms with van der Waals surface area (Å²) in [5, 5.41) is 11.6. The van der Waals surface area contributed by atoms with Gasteiger partial charge in [-0.2, -0.15) is 13.2 Å². The van der Waals surface area contributed by atoms with Gasteiger partial charge < -0.3 is 5.21 Å². The van der Waals surface area contributed by atoms with E-state index in [1.165, 1.54) is 19.1 Å². The fourth-order valence-corrected chi connectivity index (χ4v) is 1.93. The summed E-state index contributed by atoms with van der Waals surface area (Å²) in [7, 11) is 0. The predicted molar refractivity (Wildman–Crippen MR) is 70.9 cm³/mol. The van der Waals surface area contributed by atoms with Crippen molar-refractivity contribution in [3.05, 3.63) is 59.7 Å². The summed E-state index contributed by atoms with van der Waals surface area (Å²) in [6.45, 7) is 1.44. The van der Waals surface area contributed by atoms with Gasteiger partial charge in [0.25, 0.3) is 0 Å². The van der Waals surface area contributed by atoms with E-state index < -0.39 is 11.7 Å². The van der Waals surface area contributed by atoms with Crippen LogP contribution < -0.4 is 0 Å². The van der Waals surface area contributed by atoms with E-state index in [2.05, 4.69) is 5.16 Å². The Morgan fingerprint density at radius 3 is 2.25 bits per heavy atom. The zero-order valence-corrected chi connectivity index (χ0v) is 10.6. The van der Waals surface area contributed by atoms with Crippen LogP contribution in [0.15, 0.2) is 53.7 Å². The number of hydrogen-bond donors (Lipinski definition) is 1. The molecule has 2 nitrogen and oxygen atoms in total. The van der Waals surface area contributed by atoms with Gasteiger partial charge in [0.1, 0.15) is 0 Å². The summed E-state index contributed by atoms with van der Waals surface area (Å²) in [5.41, 5.74) is 0.219. The number of rotatable bonds is 2. The first-order chi connectivity index (χ1) is 9.43. The van der Waals surface area contributed by atoms with Crippen LogP contribution in [0.25, 0.3) is 11.1 Å². The molecule has 1 N–H and O–H groups in total. The summed E-state index contributed by atoms with van der Waals surface area (Å²) in [5.74, 6) is 0. The largest absolute Gasteiger partial charge is 0.417 e. The van der Waals surface area contributed by atoms with Crippen molar-refractivity contribution in [1.82, 2.24) is 0 Å². The van der Waals surface area contributed by atoms with Crippen LogP contribution in [0.1, 0.15) is 18.1 Å². The van der Waals surface area contributed by atoms with Gasteiger partial charge >= 0.3 is 6.18 Å². The summed E-state index contributed by atoms with van der Waals surface area (Å²) in [6.07, 6.45) is -4.48. The van der Waals surface area contributed by atoms with E-state index in [0.29, 0.717) is 5.56 Å². The first-order valence-electron chi connectivity index (χ1n) is 5.89. The minimum Gasteiger partial charge on any atom is -0.411 e. The van der Waals surface area contributed by atoms with Gasteiger partial charge in [0.15, 0.2) is 0 Å². The van der Waals surface area contributed by atoms with Crippen LogP contribution in [0.5, 0.6) is 0 Å². The van der Waals surface area contributed by atoms with Crippen molar-refractivity contribution in [2.24, 2.45) is 5.16 Å². The smallest absolute Gasteiger partial charge is 0.411 e. The Labute approximate surface area is 114 Å². The van der Waals surface area contributed by atoms with Crippen LogP contribution >= 0.6 is 0 Å². The number of alkyl halides is 3. The summed E-state index contributed by atoms with van der Waals surface area (Å²) >= 11 is 0. The molecule has 0 aliphatic carbocycles. The maximum absolute atomic E-state index is 13.2. The van der Waals surface area contributed by atoms with E-state index in [4.69, 9.17) is 5.21 Å². The Balaban J connectivity index is 2.64. The van der Waals surface area contributed by atoms with Gasteiger partial charge in [-0.3, -0.25) is 0 Å². The fraction of sp³-hybridized carbons (Fsp3) is 0.133. The lowest BCUT2D eigenvalue weighted by molar-refractivity contribution is -0.137. The minimum atomic E-state index is -4.48. The third-order valence-electron chi connectivity index (χ3n) is 2.98. The molecule has 104 valence electrons. The van der Waals surface area contributed by atoms with E-state index in [1.54, 1.807) is 30.3 Å². The lowest BCUT2D eigenvalue weighted by atomic mass is 9.96. The van der Waals surface area contributed by atoms with E-state index in [1.807, 2.05) is 0 Å². The third-order valence-corrected chi connectivity index (χ3v) is 2.98. The molecule has 2 rings (SSSR count). The predicted octanol–water partition coefficient (Wildman–Crippen LogP) is 4.57. The third kappa shape index (κ3) is 2.82. The lowest BCUT2D eigenvalue weighted by Crippen LogP contribution is -2.09. The summed E-state index contributed by atoms with van der Waals surface area (Å²) in [4.78, 5) is 0. The Morgan fingerprint density at radius 2 is 1.70 bits per heavy atom. The molecule has 0 bridgehead atoms. The number of hydrogen-bond acceptors (Lipinski definition) is 2. The second-order valence-electron chi connectivity index (χ2n) is 4.31. The minimum absolute atomic E-state index is 0.104. The van der Waals surface area contributed by atoms with E-state index >= 15 is 0 Å². The van der Waals surface area contributed by atoms with Gasteiger partial charge in [0, 0.05) is 0 Å². The first-order valence-corrected chi connectivity index (χ1v) is 5.89. The topological polar surface area (TPSA) is 32.6 Å². The Kier molecular flexibility index (Phi) is 3.79. The molecule has 2 aromatic rings. The van der Waals surface area contributed by atoms with Gasteiger partial charge in [0.2, 0.25) is 0 Å². The monoisotopic (exact) mass is 279 g/mol. The number of nitrogens with zero attached hydrogens (tertiary/aromatic N) is 1. The molecule has 0 atom stereocenters. The Bertz CT molecular complexity index is 633. The molecular formula is C15H12F3NO. The van der Waals surface area contributed by atoms with Gasteiger partial charge in [-0.15, -0.1) is 0 Å². The average molecular weight is 279 g/mol. The highest BCUT2D eigenvalue weighted by atomic mass is 19.4. The molecule has 0 fully saturated rings. The highest BCUT2D eigenvalue weighted by Gasteiger charge is 2.34. The second-order valence-corrected chi connectivity index (χ2v) is 4.31. The van der Waals surface area contributed by atoms with E-state index in [0.717, 1.165) is 6.07 Å². The number of halogens is 3. The van der Waals surface area contributed by atoms with E-state index in [9.17, 15) is 13.2 Å². The highest BCUT2D eigenvalue weighted by molar-refractivity contribution is 5.99. The Morgan fingerprint density at radius 1 is 1.05 bits per heavy atom. The molecule has 0 spiro atoms. The van der Waals surface area contributed by atoms with Crippen LogP contribution in [-0.4, -0.2) is 10.9 Å². The molecule has 0 saturated carbocycles. The molecular weight excluding hydrogens is 267 g/mol. The molecule has 0 aliphatic heterocycles. The van der Waals surface area contributed by atoms with Crippen molar-refractivity contribution in [1.29, 1.82) is 0 Å². The van der Waals surface area contributed by atoms with E-state index in [-0.39, 0.29) is 16.8 Å². The molecule has 0 heterocycles. The van der Waals surface area contributed by atoms with Crippen molar-refractivity contribution >= 4 is 5.71 Å². The maximum Gasteiger partial charge on any atom is 0.417 e. The molecule has 5 heteroatoms. The molecule has 0 aromatic heterocycles. The van der Waals surface area contributed by atoms with Crippen molar-refractivity contribution in [3.63, 3.8) is 0 Å². The fourth-order valence-electron chi connectivity index (χ4n) is 1.93. The molecule has 2 aromatic carbocycles. The van der Waals surface area contributed by atoms with Crippen LogP contribution in [0, 0.1) is 0 Å². The first kappa shape index (κ1) is 14.1. The van der Waals surface area contributed by atoms with Crippen LogP contribution in [0.3, 0.4) is 0 Å². The van der Waals surface area contributed by atoms with Crippen LogP contribution in [0.2, 0.25) is 0 Å². The molecule has 0 amide bonds. The van der Waals surface area contributed by atoms with Gasteiger partial charge in [-0.25, -0.2) is 0 Å². The summed E-state index contributed by atoms with van der Waals surface area (Å²) < 4.78 is 39.5. The highest BCUT2D eigenvalue weighted by Crippen LogP contribution is 2.37. The SMILES string of the molecule is CC(=NO)c1ccc(-c2ccccc2)c(C(F)(F)F)c1. The zero-order valence-electron chi connectivity index (χ0n) is 10.6. The molecule has 0 unspecified atom stereocenters. The summed E-state index contributed by atoms with van der Waals surface area (Å²) in [6, 6.07) is 12.3. The number of benzene rings is 2. The van der Waals surface area contributed by atoms with Gasteiger partial charge in [-0.1, -0.05) is 47.6 Å². The Hall–Kier alpha value is -2.30. The van der Waals surface area contributed by atoms with Crippen molar-refractivity contribution in [3.8, 4) is 11.1 Å². The maximum atomic E-state index is 13.2. The van der Waals surface area contributed by atoms with Crippen molar-refractivity contribution in [2.45, 2.75) is 13.1 Å². The zero-order chi connectivity index (χ0) is 14.8. The standard InChI is InChI=1S/C15H12F3NO/c1-10(19-20)12-7-8-13(11-5-3-2-4-6-11)14(9-12)15(16,17)18/h2-9,20H,1H3. The average Bonchev–Trinajstić information content (AvgIpc) is 2.46. The number of oxime groups is 1. The molecule has 20 heavy (non-hydrogen) atoms.